The maximum absolute atomic E-state index is 12.0. The van der Waals surface area contributed by atoms with E-state index in [1.807, 2.05) is 66.2 Å². The van der Waals surface area contributed by atoms with Gasteiger partial charge in [-0.1, -0.05) is 65.8 Å². The van der Waals surface area contributed by atoms with E-state index < -0.39 is 0 Å². The van der Waals surface area contributed by atoms with Crippen molar-refractivity contribution in [1.82, 2.24) is 20.1 Å². The van der Waals surface area contributed by atoms with Gasteiger partial charge in [0.25, 0.3) is 0 Å². The molecule has 0 bridgehead atoms. The maximum atomic E-state index is 12.0. The van der Waals surface area contributed by atoms with Gasteiger partial charge >= 0.3 is 0 Å². The fraction of sp³-hybridized carbons (Fsp3) is 0.211. The SMILES string of the molecule is Cn1c(Cc2ccc(Cl)cc2)nnc1SCC(=O)NCc1ccccc1. The molecule has 0 aliphatic rings. The van der Waals surface area contributed by atoms with Crippen molar-refractivity contribution in [3.63, 3.8) is 0 Å². The van der Waals surface area contributed by atoms with E-state index in [1.54, 1.807) is 0 Å². The number of hydrogen-bond acceptors (Lipinski definition) is 4. The van der Waals surface area contributed by atoms with E-state index in [0.29, 0.717) is 23.7 Å². The Balaban J connectivity index is 1.51. The zero-order valence-corrected chi connectivity index (χ0v) is 15.9. The second-order valence-corrected chi connectivity index (χ2v) is 7.19. The van der Waals surface area contributed by atoms with Gasteiger partial charge in [0.1, 0.15) is 5.82 Å². The summed E-state index contributed by atoms with van der Waals surface area (Å²) in [6.07, 6.45) is 0.668. The van der Waals surface area contributed by atoms with Crippen LogP contribution in [0.2, 0.25) is 5.02 Å². The van der Waals surface area contributed by atoms with Crippen molar-refractivity contribution in [2.45, 2.75) is 18.1 Å². The van der Waals surface area contributed by atoms with Crippen molar-refractivity contribution in [3.8, 4) is 0 Å². The number of hydrogen-bond donors (Lipinski definition) is 1. The van der Waals surface area contributed by atoms with E-state index in [4.69, 9.17) is 11.6 Å². The molecule has 1 heterocycles. The molecule has 0 saturated carbocycles. The van der Waals surface area contributed by atoms with Crippen molar-refractivity contribution < 1.29 is 4.79 Å². The molecule has 1 aromatic heterocycles. The first-order chi connectivity index (χ1) is 12.6. The first-order valence-electron chi connectivity index (χ1n) is 8.18. The molecule has 0 radical (unpaired) electrons. The first-order valence-corrected chi connectivity index (χ1v) is 9.54. The lowest BCUT2D eigenvalue weighted by Crippen LogP contribution is -2.24. The van der Waals surface area contributed by atoms with Gasteiger partial charge in [-0.3, -0.25) is 4.79 Å². The molecule has 0 fully saturated rings. The molecule has 7 heteroatoms. The molecule has 3 aromatic rings. The minimum absolute atomic E-state index is 0.0268. The minimum atomic E-state index is -0.0268. The number of carbonyl (C=O) groups excluding carboxylic acids is 1. The third-order valence-corrected chi connectivity index (χ3v) is 5.14. The summed E-state index contributed by atoms with van der Waals surface area (Å²) in [7, 11) is 1.91. The van der Waals surface area contributed by atoms with E-state index >= 15 is 0 Å². The van der Waals surface area contributed by atoms with Crippen LogP contribution in [0.4, 0.5) is 0 Å². The van der Waals surface area contributed by atoms with E-state index in [1.165, 1.54) is 11.8 Å². The highest BCUT2D eigenvalue weighted by Gasteiger charge is 2.12. The minimum Gasteiger partial charge on any atom is -0.351 e. The molecule has 0 aliphatic carbocycles. The normalized spacial score (nSPS) is 10.7. The van der Waals surface area contributed by atoms with Gasteiger partial charge in [-0.2, -0.15) is 0 Å². The van der Waals surface area contributed by atoms with Gasteiger partial charge in [-0.25, -0.2) is 0 Å². The Morgan fingerprint density at radius 2 is 1.81 bits per heavy atom. The van der Waals surface area contributed by atoms with Crippen molar-refractivity contribution in [2.24, 2.45) is 7.05 Å². The number of nitrogens with one attached hydrogen (secondary N) is 1. The lowest BCUT2D eigenvalue weighted by Gasteiger charge is -2.06. The summed E-state index contributed by atoms with van der Waals surface area (Å²) in [4.78, 5) is 12.0. The Bertz CT molecular complexity index is 865. The second-order valence-electron chi connectivity index (χ2n) is 5.81. The summed E-state index contributed by atoms with van der Waals surface area (Å²) >= 11 is 7.29. The fourth-order valence-electron chi connectivity index (χ4n) is 2.39. The molecule has 1 N–H and O–H groups in total. The number of carbonyl (C=O) groups is 1. The fourth-order valence-corrected chi connectivity index (χ4v) is 3.27. The first kappa shape index (κ1) is 18.5. The highest BCUT2D eigenvalue weighted by molar-refractivity contribution is 7.99. The van der Waals surface area contributed by atoms with Gasteiger partial charge in [0.05, 0.1) is 5.75 Å². The van der Waals surface area contributed by atoms with Crippen LogP contribution in [0.15, 0.2) is 59.8 Å². The third-order valence-electron chi connectivity index (χ3n) is 3.87. The summed E-state index contributed by atoms with van der Waals surface area (Å²) < 4.78 is 1.92. The summed E-state index contributed by atoms with van der Waals surface area (Å²) in [6, 6.07) is 17.5. The Kier molecular flexibility index (Phi) is 6.30. The van der Waals surface area contributed by atoms with Crippen LogP contribution in [0.3, 0.4) is 0 Å². The van der Waals surface area contributed by atoms with Gasteiger partial charge in [0.15, 0.2) is 5.16 Å². The Hall–Kier alpha value is -2.31. The number of nitrogens with zero attached hydrogens (tertiary/aromatic N) is 3. The monoisotopic (exact) mass is 386 g/mol. The molecule has 2 aromatic carbocycles. The van der Waals surface area contributed by atoms with Crippen LogP contribution >= 0.6 is 23.4 Å². The molecule has 3 rings (SSSR count). The van der Waals surface area contributed by atoms with Crippen LogP contribution in [-0.4, -0.2) is 26.4 Å². The van der Waals surface area contributed by atoms with Crippen molar-refractivity contribution in [2.75, 3.05) is 5.75 Å². The summed E-state index contributed by atoms with van der Waals surface area (Å²) in [6.45, 7) is 0.529. The number of halogens is 1. The highest BCUT2D eigenvalue weighted by atomic mass is 35.5. The Morgan fingerprint density at radius 1 is 1.08 bits per heavy atom. The van der Waals surface area contributed by atoms with Gasteiger partial charge in [-0.15, -0.1) is 10.2 Å². The van der Waals surface area contributed by atoms with Gasteiger partial charge < -0.3 is 9.88 Å². The number of aromatic nitrogens is 3. The zero-order valence-electron chi connectivity index (χ0n) is 14.4. The largest absolute Gasteiger partial charge is 0.351 e. The lowest BCUT2D eigenvalue weighted by molar-refractivity contribution is -0.118. The van der Waals surface area contributed by atoms with E-state index in [2.05, 4.69) is 15.5 Å². The number of thioether (sulfide) groups is 1. The predicted molar refractivity (Wildman–Crippen MR) is 104 cm³/mol. The Morgan fingerprint density at radius 3 is 2.54 bits per heavy atom. The average molecular weight is 387 g/mol. The van der Waals surface area contributed by atoms with Crippen molar-refractivity contribution >= 4 is 29.3 Å². The van der Waals surface area contributed by atoms with Crippen LogP contribution in [0.25, 0.3) is 0 Å². The smallest absolute Gasteiger partial charge is 0.230 e. The van der Waals surface area contributed by atoms with Crippen LogP contribution in [0, 0.1) is 0 Å². The van der Waals surface area contributed by atoms with Gasteiger partial charge in [-0.05, 0) is 23.3 Å². The van der Waals surface area contributed by atoms with Crippen LogP contribution in [0.1, 0.15) is 17.0 Å². The van der Waals surface area contributed by atoms with Crippen LogP contribution < -0.4 is 5.32 Å². The molecule has 1 amide bonds. The predicted octanol–water partition coefficient (Wildman–Crippen LogP) is 3.47. The number of rotatable bonds is 7. The average Bonchev–Trinajstić information content (AvgIpc) is 3.01. The molecular weight excluding hydrogens is 368 g/mol. The molecule has 0 aliphatic heterocycles. The van der Waals surface area contributed by atoms with Crippen LogP contribution in [-0.2, 0) is 24.8 Å². The molecule has 5 nitrogen and oxygen atoms in total. The van der Waals surface area contributed by atoms with Crippen molar-refractivity contribution in [1.29, 1.82) is 0 Å². The number of benzene rings is 2. The summed E-state index contributed by atoms with van der Waals surface area (Å²) in [5, 5.41) is 12.8. The maximum Gasteiger partial charge on any atom is 0.230 e. The lowest BCUT2D eigenvalue weighted by atomic mass is 10.1. The van der Waals surface area contributed by atoms with E-state index in [9.17, 15) is 4.79 Å². The second kappa shape index (κ2) is 8.87. The molecule has 26 heavy (non-hydrogen) atoms. The van der Waals surface area contributed by atoms with Crippen molar-refractivity contribution in [3.05, 3.63) is 76.6 Å². The molecule has 0 saturated heterocycles. The Labute approximate surface area is 161 Å². The molecule has 0 spiro atoms. The molecular formula is C19H19ClN4OS. The number of amides is 1. The molecule has 134 valence electrons. The van der Waals surface area contributed by atoms with Crippen LogP contribution in [0.5, 0.6) is 0 Å². The zero-order chi connectivity index (χ0) is 18.4. The summed E-state index contributed by atoms with van der Waals surface area (Å²) in [5.74, 6) is 1.13. The molecule has 0 atom stereocenters. The third kappa shape index (κ3) is 5.09. The standard InChI is InChI=1S/C19H19ClN4OS/c1-24-17(11-14-7-9-16(20)10-8-14)22-23-19(24)26-13-18(25)21-12-15-5-3-2-4-6-15/h2-10H,11-13H2,1H3,(H,21,25). The topological polar surface area (TPSA) is 59.8 Å². The molecule has 0 unspecified atom stereocenters. The highest BCUT2D eigenvalue weighted by Crippen LogP contribution is 2.18. The quantitative estimate of drug-likeness (QED) is 0.631. The van der Waals surface area contributed by atoms with E-state index in [0.717, 1.165) is 22.1 Å². The van der Waals surface area contributed by atoms with Gasteiger partial charge in [0.2, 0.25) is 5.91 Å². The van der Waals surface area contributed by atoms with Gasteiger partial charge in [0, 0.05) is 25.0 Å². The summed E-state index contributed by atoms with van der Waals surface area (Å²) in [5.41, 5.74) is 2.19. The van der Waals surface area contributed by atoms with E-state index in [-0.39, 0.29) is 5.91 Å².